The van der Waals surface area contributed by atoms with E-state index < -0.39 is 0 Å². The Bertz CT molecular complexity index is 511. The average Bonchev–Trinajstić information content (AvgIpc) is 2.99. The fraction of sp³-hybridized carbons (Fsp3) is 0.706. The van der Waals surface area contributed by atoms with Crippen LogP contribution in [0.1, 0.15) is 38.5 Å². The molecule has 6 heteroatoms. The maximum Gasteiger partial charge on any atom is 0.328 e. The van der Waals surface area contributed by atoms with E-state index in [0.29, 0.717) is 31.1 Å². The fourth-order valence-electron chi connectivity index (χ4n) is 3.85. The molecule has 2 aliphatic rings. The summed E-state index contributed by atoms with van der Waals surface area (Å²) in [7, 11) is 1.65. The molecule has 1 saturated heterocycles. The van der Waals surface area contributed by atoms with Crippen molar-refractivity contribution in [2.24, 2.45) is 5.92 Å². The minimum Gasteiger partial charge on any atom is -0.464 e. The summed E-state index contributed by atoms with van der Waals surface area (Å²) in [6.07, 6.45) is 9.80. The number of anilines is 1. The number of methoxy groups -OCH3 is 1. The van der Waals surface area contributed by atoms with Crippen molar-refractivity contribution >= 4 is 11.9 Å². The van der Waals surface area contributed by atoms with E-state index in [1.165, 1.54) is 19.3 Å². The maximum absolute atomic E-state index is 12.6. The molecule has 3 atom stereocenters. The first kappa shape index (κ1) is 16.2. The molecule has 1 aromatic rings. The van der Waals surface area contributed by atoms with Crippen LogP contribution in [0.25, 0.3) is 0 Å². The number of aromatic nitrogens is 2. The van der Waals surface area contributed by atoms with Crippen LogP contribution in [0.2, 0.25) is 0 Å². The van der Waals surface area contributed by atoms with Crippen molar-refractivity contribution in [1.82, 2.24) is 9.97 Å². The molecule has 2 heterocycles. The van der Waals surface area contributed by atoms with Crippen LogP contribution in [-0.4, -0.2) is 48.3 Å². The number of hydrogen-bond donors (Lipinski definition) is 0. The van der Waals surface area contributed by atoms with Crippen molar-refractivity contribution in [2.45, 2.75) is 50.6 Å². The second-order valence-corrected chi connectivity index (χ2v) is 6.33. The van der Waals surface area contributed by atoms with Crippen molar-refractivity contribution in [2.75, 3.05) is 25.2 Å². The fourth-order valence-corrected chi connectivity index (χ4v) is 3.85. The number of nitrogens with zero attached hydrogens (tertiary/aromatic N) is 3. The van der Waals surface area contributed by atoms with Crippen molar-refractivity contribution in [3.63, 3.8) is 0 Å². The van der Waals surface area contributed by atoms with E-state index in [0.717, 1.165) is 19.3 Å². The summed E-state index contributed by atoms with van der Waals surface area (Å²) in [6.45, 7) is 1.01. The molecule has 3 rings (SSSR count). The summed E-state index contributed by atoms with van der Waals surface area (Å²) in [4.78, 5) is 23.5. The second kappa shape index (κ2) is 7.73. The molecule has 0 radical (unpaired) electrons. The van der Waals surface area contributed by atoms with Gasteiger partial charge in [0.1, 0.15) is 6.04 Å². The number of carbonyl (C=O) groups is 1. The molecule has 0 aromatic carbocycles. The Hall–Kier alpha value is -1.69. The van der Waals surface area contributed by atoms with Crippen molar-refractivity contribution < 1.29 is 14.3 Å². The van der Waals surface area contributed by atoms with E-state index in [-0.39, 0.29) is 12.0 Å². The van der Waals surface area contributed by atoms with E-state index >= 15 is 0 Å². The number of carbonyl (C=O) groups excluding carboxylic acids is 1. The highest BCUT2D eigenvalue weighted by Gasteiger charge is 2.46. The largest absolute Gasteiger partial charge is 0.464 e. The zero-order chi connectivity index (χ0) is 16.1. The zero-order valence-electron chi connectivity index (χ0n) is 13.7. The first-order chi connectivity index (χ1) is 11.3. The highest BCUT2D eigenvalue weighted by Crippen LogP contribution is 2.41. The number of ether oxygens (including phenoxy) is 2. The number of fused-ring (bicyclic) bond motifs is 1. The third kappa shape index (κ3) is 3.63. The van der Waals surface area contributed by atoms with Gasteiger partial charge < -0.3 is 14.4 Å². The molecule has 2 fully saturated rings. The minimum absolute atomic E-state index is 0.150. The molecule has 0 bridgehead atoms. The summed E-state index contributed by atoms with van der Waals surface area (Å²) < 4.78 is 10.5. The number of rotatable bonds is 6. The van der Waals surface area contributed by atoms with Gasteiger partial charge in [0.05, 0.1) is 6.61 Å². The maximum atomic E-state index is 12.6. The van der Waals surface area contributed by atoms with Gasteiger partial charge in [-0.2, -0.15) is 0 Å². The van der Waals surface area contributed by atoms with Gasteiger partial charge in [-0.1, -0.05) is 12.8 Å². The minimum atomic E-state index is -0.256. The molecular weight excluding hydrogens is 294 g/mol. The Morgan fingerprint density at radius 1 is 1.26 bits per heavy atom. The predicted octanol–water partition coefficient (Wildman–Crippen LogP) is 2.19. The lowest BCUT2D eigenvalue weighted by molar-refractivity contribution is -0.145. The SMILES string of the molecule is COCCCOC(=O)[C@@H]1C[C@H]2CCCC[C@@H]2N1c1ncccn1. The lowest BCUT2D eigenvalue weighted by Crippen LogP contribution is -2.44. The molecule has 0 amide bonds. The van der Waals surface area contributed by atoms with E-state index in [4.69, 9.17) is 9.47 Å². The van der Waals surface area contributed by atoms with Crippen LogP contribution in [-0.2, 0) is 14.3 Å². The van der Waals surface area contributed by atoms with E-state index in [9.17, 15) is 4.79 Å². The van der Waals surface area contributed by atoms with Crippen molar-refractivity contribution in [3.05, 3.63) is 18.5 Å². The standard InChI is InChI=1S/C17H25N3O3/c1-22-10-5-11-23-16(21)15-12-13-6-2-3-7-14(13)20(15)17-18-8-4-9-19-17/h4,8-9,13-15H,2-3,5-7,10-12H2,1H3/t13-,14+,15+/m1/s1. The Morgan fingerprint density at radius 2 is 2.04 bits per heavy atom. The van der Waals surface area contributed by atoms with Crippen LogP contribution in [0.3, 0.4) is 0 Å². The van der Waals surface area contributed by atoms with Gasteiger partial charge in [0.15, 0.2) is 0 Å². The Balaban J connectivity index is 1.72. The molecule has 0 spiro atoms. The van der Waals surface area contributed by atoms with Crippen molar-refractivity contribution in [3.8, 4) is 0 Å². The van der Waals surface area contributed by atoms with Crippen LogP contribution in [0.5, 0.6) is 0 Å². The number of esters is 1. The van der Waals surface area contributed by atoms with E-state index in [1.807, 2.05) is 0 Å². The lowest BCUT2D eigenvalue weighted by Gasteiger charge is -2.33. The van der Waals surface area contributed by atoms with Crippen LogP contribution >= 0.6 is 0 Å². The molecule has 6 nitrogen and oxygen atoms in total. The lowest BCUT2D eigenvalue weighted by atomic mass is 9.85. The molecule has 1 saturated carbocycles. The van der Waals surface area contributed by atoms with Gasteiger partial charge >= 0.3 is 5.97 Å². The van der Waals surface area contributed by atoms with Crippen LogP contribution in [0, 0.1) is 5.92 Å². The summed E-state index contributed by atoms with van der Waals surface area (Å²) in [5, 5.41) is 0. The highest BCUT2D eigenvalue weighted by molar-refractivity contribution is 5.80. The van der Waals surface area contributed by atoms with Gasteiger partial charge in [0, 0.05) is 38.6 Å². The monoisotopic (exact) mass is 319 g/mol. The third-order valence-corrected chi connectivity index (χ3v) is 4.88. The Kier molecular flexibility index (Phi) is 5.43. The summed E-state index contributed by atoms with van der Waals surface area (Å²) in [5.74, 6) is 1.05. The molecule has 1 aliphatic carbocycles. The van der Waals surface area contributed by atoms with Crippen LogP contribution in [0.15, 0.2) is 18.5 Å². The molecule has 0 N–H and O–H groups in total. The molecule has 126 valence electrons. The predicted molar refractivity (Wildman–Crippen MR) is 86.1 cm³/mol. The normalized spacial score (nSPS) is 26.8. The van der Waals surface area contributed by atoms with Gasteiger partial charge in [0.25, 0.3) is 0 Å². The highest BCUT2D eigenvalue weighted by atomic mass is 16.5. The molecular formula is C17H25N3O3. The first-order valence-electron chi connectivity index (χ1n) is 8.52. The number of hydrogen-bond acceptors (Lipinski definition) is 6. The Morgan fingerprint density at radius 3 is 2.83 bits per heavy atom. The van der Waals surface area contributed by atoms with E-state index in [1.54, 1.807) is 25.6 Å². The molecule has 0 unspecified atom stereocenters. The van der Waals surface area contributed by atoms with Gasteiger partial charge in [0.2, 0.25) is 5.95 Å². The van der Waals surface area contributed by atoms with Gasteiger partial charge in [-0.25, -0.2) is 14.8 Å². The zero-order valence-corrected chi connectivity index (χ0v) is 13.7. The third-order valence-electron chi connectivity index (χ3n) is 4.88. The summed E-state index contributed by atoms with van der Waals surface area (Å²) >= 11 is 0. The molecule has 1 aromatic heterocycles. The van der Waals surface area contributed by atoms with Crippen LogP contribution < -0.4 is 4.90 Å². The first-order valence-corrected chi connectivity index (χ1v) is 8.52. The van der Waals surface area contributed by atoms with Gasteiger partial charge in [-0.3, -0.25) is 0 Å². The quantitative estimate of drug-likeness (QED) is 0.591. The summed E-state index contributed by atoms with van der Waals surface area (Å²) in [5.41, 5.74) is 0. The van der Waals surface area contributed by atoms with Crippen molar-refractivity contribution in [1.29, 1.82) is 0 Å². The Labute approximate surface area is 137 Å². The van der Waals surface area contributed by atoms with Gasteiger partial charge in [-0.15, -0.1) is 0 Å². The molecule has 23 heavy (non-hydrogen) atoms. The summed E-state index contributed by atoms with van der Waals surface area (Å²) in [6, 6.07) is 1.91. The second-order valence-electron chi connectivity index (χ2n) is 6.33. The van der Waals surface area contributed by atoms with Gasteiger partial charge in [-0.05, 0) is 31.2 Å². The molecule has 1 aliphatic heterocycles. The average molecular weight is 319 g/mol. The van der Waals surface area contributed by atoms with Crippen LogP contribution in [0.4, 0.5) is 5.95 Å². The topological polar surface area (TPSA) is 64.6 Å². The van der Waals surface area contributed by atoms with E-state index in [2.05, 4.69) is 14.9 Å². The smallest absolute Gasteiger partial charge is 0.328 e.